The summed E-state index contributed by atoms with van der Waals surface area (Å²) in [6.07, 6.45) is 3.73. The summed E-state index contributed by atoms with van der Waals surface area (Å²) < 4.78 is 0. The van der Waals surface area contributed by atoms with E-state index in [9.17, 15) is 4.79 Å². The predicted molar refractivity (Wildman–Crippen MR) is 82.1 cm³/mol. The van der Waals surface area contributed by atoms with Gasteiger partial charge in [-0.3, -0.25) is 4.79 Å². The lowest BCUT2D eigenvalue weighted by Gasteiger charge is -2.20. The zero-order chi connectivity index (χ0) is 15.0. The molecular weight excluding hydrogens is 254 g/mol. The van der Waals surface area contributed by atoms with Crippen molar-refractivity contribution in [3.05, 3.63) is 11.8 Å². The zero-order valence-electron chi connectivity index (χ0n) is 12.9. The summed E-state index contributed by atoms with van der Waals surface area (Å²) in [4.78, 5) is 22.3. The van der Waals surface area contributed by atoms with E-state index < -0.39 is 0 Å². The Balaban J connectivity index is 2.70. The van der Waals surface area contributed by atoms with Gasteiger partial charge in [-0.2, -0.15) is 4.98 Å². The molecule has 1 aromatic heterocycles. The first kappa shape index (κ1) is 16.2. The molecule has 0 atom stereocenters. The summed E-state index contributed by atoms with van der Waals surface area (Å²) in [5.74, 6) is 1.40. The van der Waals surface area contributed by atoms with E-state index in [-0.39, 0.29) is 5.91 Å². The SMILES string of the molecule is CCCNC(=O)CN(C)c1nc(NCCC)ncc1C. The summed E-state index contributed by atoms with van der Waals surface area (Å²) in [6.45, 7) is 7.91. The maximum Gasteiger partial charge on any atom is 0.239 e. The highest BCUT2D eigenvalue weighted by molar-refractivity contribution is 5.81. The minimum absolute atomic E-state index is 0.00966. The van der Waals surface area contributed by atoms with Crippen molar-refractivity contribution in [1.29, 1.82) is 0 Å². The van der Waals surface area contributed by atoms with Gasteiger partial charge in [-0.25, -0.2) is 4.98 Å². The summed E-state index contributed by atoms with van der Waals surface area (Å²) in [7, 11) is 1.87. The van der Waals surface area contributed by atoms with Gasteiger partial charge in [0.25, 0.3) is 0 Å². The van der Waals surface area contributed by atoms with Crippen molar-refractivity contribution in [2.45, 2.75) is 33.6 Å². The van der Waals surface area contributed by atoms with E-state index in [1.165, 1.54) is 0 Å². The number of aromatic nitrogens is 2. The van der Waals surface area contributed by atoms with Crippen molar-refractivity contribution < 1.29 is 4.79 Å². The van der Waals surface area contributed by atoms with Gasteiger partial charge < -0.3 is 15.5 Å². The van der Waals surface area contributed by atoms with Crippen LogP contribution in [0.25, 0.3) is 0 Å². The van der Waals surface area contributed by atoms with Gasteiger partial charge in [-0.05, 0) is 19.8 Å². The number of hydrogen-bond donors (Lipinski definition) is 2. The van der Waals surface area contributed by atoms with Gasteiger partial charge in [-0.15, -0.1) is 0 Å². The number of rotatable bonds is 8. The van der Waals surface area contributed by atoms with Crippen LogP contribution in [0.5, 0.6) is 0 Å². The molecule has 6 nitrogen and oxygen atoms in total. The fourth-order valence-corrected chi connectivity index (χ4v) is 1.75. The number of carbonyl (C=O) groups excluding carboxylic acids is 1. The Morgan fingerprint density at radius 3 is 2.65 bits per heavy atom. The average Bonchev–Trinajstić information content (AvgIpc) is 2.44. The summed E-state index contributed by atoms with van der Waals surface area (Å²) >= 11 is 0. The van der Waals surface area contributed by atoms with Crippen LogP contribution in [0.2, 0.25) is 0 Å². The van der Waals surface area contributed by atoms with Gasteiger partial charge in [-0.1, -0.05) is 13.8 Å². The largest absolute Gasteiger partial charge is 0.355 e. The van der Waals surface area contributed by atoms with E-state index in [1.54, 1.807) is 6.20 Å². The molecule has 0 unspecified atom stereocenters. The molecule has 1 amide bonds. The van der Waals surface area contributed by atoms with Gasteiger partial charge in [0.15, 0.2) is 0 Å². The van der Waals surface area contributed by atoms with Gasteiger partial charge in [0, 0.05) is 31.9 Å². The highest BCUT2D eigenvalue weighted by Gasteiger charge is 2.12. The van der Waals surface area contributed by atoms with Crippen LogP contribution in [-0.4, -0.2) is 42.6 Å². The Morgan fingerprint density at radius 1 is 1.30 bits per heavy atom. The third-order valence-electron chi connectivity index (χ3n) is 2.79. The Kier molecular flexibility index (Phi) is 6.76. The van der Waals surface area contributed by atoms with Crippen LogP contribution in [0.4, 0.5) is 11.8 Å². The van der Waals surface area contributed by atoms with Crippen molar-refractivity contribution in [3.63, 3.8) is 0 Å². The second-order valence-electron chi connectivity index (χ2n) is 4.83. The van der Waals surface area contributed by atoms with E-state index in [4.69, 9.17) is 0 Å². The Morgan fingerprint density at radius 2 is 2.00 bits per heavy atom. The number of nitrogens with zero attached hydrogens (tertiary/aromatic N) is 3. The van der Waals surface area contributed by atoms with Crippen LogP contribution < -0.4 is 15.5 Å². The molecule has 0 spiro atoms. The lowest BCUT2D eigenvalue weighted by molar-refractivity contribution is -0.119. The minimum atomic E-state index is 0.00966. The smallest absolute Gasteiger partial charge is 0.239 e. The normalized spacial score (nSPS) is 10.2. The van der Waals surface area contributed by atoms with Crippen LogP contribution in [-0.2, 0) is 4.79 Å². The maximum absolute atomic E-state index is 11.7. The van der Waals surface area contributed by atoms with Gasteiger partial charge in [0.05, 0.1) is 6.54 Å². The number of carbonyl (C=O) groups is 1. The molecule has 0 saturated heterocycles. The van der Waals surface area contributed by atoms with Crippen molar-refractivity contribution >= 4 is 17.7 Å². The molecule has 0 aliphatic carbocycles. The third kappa shape index (κ3) is 5.03. The maximum atomic E-state index is 11.7. The molecule has 6 heteroatoms. The van der Waals surface area contributed by atoms with E-state index in [0.29, 0.717) is 19.0 Å². The zero-order valence-corrected chi connectivity index (χ0v) is 12.9. The number of amides is 1. The number of nitrogens with one attached hydrogen (secondary N) is 2. The predicted octanol–water partition coefficient (Wildman–Crippen LogP) is 1.57. The molecule has 0 radical (unpaired) electrons. The van der Waals surface area contributed by atoms with E-state index in [2.05, 4.69) is 27.5 Å². The van der Waals surface area contributed by atoms with E-state index in [1.807, 2.05) is 25.8 Å². The van der Waals surface area contributed by atoms with Crippen LogP contribution in [0.15, 0.2) is 6.20 Å². The lowest BCUT2D eigenvalue weighted by Crippen LogP contribution is -2.36. The number of aryl methyl sites for hydroxylation is 1. The topological polar surface area (TPSA) is 70.2 Å². The Bertz CT molecular complexity index is 436. The molecule has 0 aliphatic rings. The molecule has 2 N–H and O–H groups in total. The van der Waals surface area contributed by atoms with Crippen LogP contribution in [0.1, 0.15) is 32.3 Å². The average molecular weight is 279 g/mol. The van der Waals surface area contributed by atoms with E-state index >= 15 is 0 Å². The highest BCUT2D eigenvalue weighted by Crippen LogP contribution is 2.16. The third-order valence-corrected chi connectivity index (χ3v) is 2.79. The van der Waals surface area contributed by atoms with Crippen molar-refractivity contribution in [3.8, 4) is 0 Å². The van der Waals surface area contributed by atoms with E-state index in [0.717, 1.165) is 30.8 Å². The lowest BCUT2D eigenvalue weighted by atomic mass is 10.3. The van der Waals surface area contributed by atoms with Crippen LogP contribution >= 0.6 is 0 Å². The number of likely N-dealkylation sites (N-methyl/N-ethyl adjacent to an activating group) is 1. The summed E-state index contributed by atoms with van der Waals surface area (Å²) in [5, 5.41) is 6.02. The molecule has 0 aliphatic heterocycles. The molecule has 20 heavy (non-hydrogen) atoms. The fourth-order valence-electron chi connectivity index (χ4n) is 1.75. The monoisotopic (exact) mass is 279 g/mol. The Labute approximate surface area is 121 Å². The molecule has 1 rings (SSSR count). The first-order chi connectivity index (χ1) is 9.58. The molecule has 0 aromatic carbocycles. The second-order valence-corrected chi connectivity index (χ2v) is 4.83. The molecule has 1 aromatic rings. The van der Waals surface area contributed by atoms with Gasteiger partial charge in [0.2, 0.25) is 11.9 Å². The molecule has 0 fully saturated rings. The van der Waals surface area contributed by atoms with Gasteiger partial charge >= 0.3 is 0 Å². The van der Waals surface area contributed by atoms with Crippen molar-refractivity contribution in [2.75, 3.05) is 36.9 Å². The van der Waals surface area contributed by atoms with Crippen LogP contribution in [0.3, 0.4) is 0 Å². The fraction of sp³-hybridized carbons (Fsp3) is 0.643. The summed E-state index contributed by atoms with van der Waals surface area (Å²) in [6, 6.07) is 0. The highest BCUT2D eigenvalue weighted by atomic mass is 16.2. The first-order valence-electron chi connectivity index (χ1n) is 7.13. The standard InChI is InChI=1S/C14H25N5O/c1-5-7-15-12(20)10-19(4)13-11(3)9-17-14(18-13)16-8-6-2/h9H,5-8,10H2,1-4H3,(H,15,20)(H,16,17,18). The van der Waals surface area contributed by atoms with Gasteiger partial charge in [0.1, 0.15) is 5.82 Å². The number of hydrogen-bond acceptors (Lipinski definition) is 5. The molecule has 0 saturated carbocycles. The quantitative estimate of drug-likeness (QED) is 0.756. The first-order valence-corrected chi connectivity index (χ1v) is 7.13. The molecule has 112 valence electrons. The Hall–Kier alpha value is -1.85. The molecule has 0 bridgehead atoms. The number of anilines is 2. The van der Waals surface area contributed by atoms with Crippen molar-refractivity contribution in [1.82, 2.24) is 15.3 Å². The molecular formula is C14H25N5O. The van der Waals surface area contributed by atoms with Crippen molar-refractivity contribution in [2.24, 2.45) is 0 Å². The van der Waals surface area contributed by atoms with Crippen LogP contribution in [0, 0.1) is 6.92 Å². The minimum Gasteiger partial charge on any atom is -0.355 e. The summed E-state index contributed by atoms with van der Waals surface area (Å²) in [5.41, 5.74) is 0.956. The second kappa shape index (κ2) is 8.35. The molecule has 1 heterocycles.